The second kappa shape index (κ2) is 4.13. The van der Waals surface area contributed by atoms with Crippen molar-refractivity contribution in [2.75, 3.05) is 0 Å². The number of ketones is 1. The number of carbonyl (C=O) groups excluding carboxylic acids is 1. The molecular formula is C14H9NO4. The first kappa shape index (κ1) is 11.3. The topological polar surface area (TPSA) is 79.4 Å². The van der Waals surface area contributed by atoms with Crippen LogP contribution in [0.4, 0.5) is 0 Å². The Bertz CT molecular complexity index is 738. The van der Waals surface area contributed by atoms with Crippen LogP contribution in [0.2, 0.25) is 0 Å². The molecule has 94 valence electrons. The maximum atomic E-state index is 12.0. The lowest BCUT2D eigenvalue weighted by Gasteiger charge is -1.98. The van der Waals surface area contributed by atoms with Gasteiger partial charge in [-0.2, -0.15) is 0 Å². The van der Waals surface area contributed by atoms with Crippen LogP contribution >= 0.6 is 0 Å². The fourth-order valence-electron chi connectivity index (χ4n) is 1.84. The number of rotatable bonds is 1. The number of H-pyrrole nitrogens is 1. The molecule has 0 bridgehead atoms. The molecule has 0 spiro atoms. The monoisotopic (exact) mass is 255 g/mol. The molecule has 19 heavy (non-hydrogen) atoms. The summed E-state index contributed by atoms with van der Waals surface area (Å²) in [6.45, 7) is 0. The van der Waals surface area contributed by atoms with Gasteiger partial charge in [0.2, 0.25) is 11.3 Å². The molecule has 1 aliphatic heterocycles. The molecular weight excluding hydrogens is 246 g/mol. The Balaban J connectivity index is 1.99. The van der Waals surface area contributed by atoms with Crippen LogP contribution in [0.3, 0.4) is 0 Å². The van der Waals surface area contributed by atoms with Gasteiger partial charge < -0.3 is 14.8 Å². The van der Waals surface area contributed by atoms with E-state index in [2.05, 4.69) is 4.98 Å². The number of benzene rings is 1. The van der Waals surface area contributed by atoms with E-state index in [0.29, 0.717) is 16.9 Å². The molecule has 5 heteroatoms. The average Bonchev–Trinajstić information content (AvgIpc) is 2.68. The molecule has 5 nitrogen and oxygen atoms in total. The second-order valence-electron chi connectivity index (χ2n) is 4.11. The zero-order valence-corrected chi connectivity index (χ0v) is 9.71. The van der Waals surface area contributed by atoms with Gasteiger partial charge in [-0.25, -0.2) is 0 Å². The summed E-state index contributed by atoms with van der Waals surface area (Å²) in [7, 11) is 0. The first-order valence-corrected chi connectivity index (χ1v) is 5.59. The van der Waals surface area contributed by atoms with E-state index in [1.165, 1.54) is 36.5 Å². The van der Waals surface area contributed by atoms with Crippen molar-refractivity contribution in [3.8, 4) is 11.5 Å². The van der Waals surface area contributed by atoms with Crippen LogP contribution in [-0.4, -0.2) is 15.9 Å². The molecule has 0 aliphatic carbocycles. The number of carbonyl (C=O) groups is 1. The van der Waals surface area contributed by atoms with Crippen molar-refractivity contribution in [3.05, 3.63) is 63.8 Å². The minimum Gasteiger partial charge on any atom is -0.508 e. The number of aromatic amines is 1. The van der Waals surface area contributed by atoms with Gasteiger partial charge in [-0.15, -0.1) is 0 Å². The number of allylic oxidation sites excluding steroid dienone is 1. The van der Waals surface area contributed by atoms with E-state index in [9.17, 15) is 14.7 Å². The maximum Gasteiger partial charge on any atom is 0.247 e. The van der Waals surface area contributed by atoms with Crippen molar-refractivity contribution in [3.63, 3.8) is 0 Å². The van der Waals surface area contributed by atoms with Gasteiger partial charge in [0.15, 0.2) is 5.76 Å². The van der Waals surface area contributed by atoms with Gasteiger partial charge in [-0.1, -0.05) is 0 Å². The minimum absolute atomic E-state index is 0.0387. The summed E-state index contributed by atoms with van der Waals surface area (Å²) in [6.07, 6.45) is 3.03. The van der Waals surface area contributed by atoms with E-state index in [4.69, 9.17) is 4.74 Å². The third-order valence-electron chi connectivity index (χ3n) is 2.76. The van der Waals surface area contributed by atoms with Crippen LogP contribution in [0.25, 0.3) is 6.08 Å². The third-order valence-corrected chi connectivity index (χ3v) is 2.76. The van der Waals surface area contributed by atoms with Crippen molar-refractivity contribution in [1.82, 2.24) is 4.98 Å². The molecule has 0 saturated heterocycles. The summed E-state index contributed by atoms with van der Waals surface area (Å²) < 4.78 is 5.39. The molecule has 2 heterocycles. The van der Waals surface area contributed by atoms with Crippen molar-refractivity contribution in [2.45, 2.75) is 0 Å². The minimum atomic E-state index is -0.249. The smallest absolute Gasteiger partial charge is 0.247 e. The highest BCUT2D eigenvalue weighted by molar-refractivity contribution is 6.14. The number of Topliss-reactive ketones (excluding diaryl/α,β-unsaturated/α-hetero) is 1. The third kappa shape index (κ3) is 2.01. The van der Waals surface area contributed by atoms with Crippen LogP contribution in [0, 0.1) is 0 Å². The molecule has 0 amide bonds. The van der Waals surface area contributed by atoms with E-state index in [0.717, 1.165) is 0 Å². The number of phenolic OH excluding ortho intramolecular Hbond substituents is 1. The summed E-state index contributed by atoms with van der Waals surface area (Å²) in [5.41, 5.74) is 0.850. The van der Waals surface area contributed by atoms with Crippen LogP contribution < -0.4 is 10.3 Å². The summed E-state index contributed by atoms with van der Waals surface area (Å²) >= 11 is 0. The highest BCUT2D eigenvalue weighted by Crippen LogP contribution is 2.34. The fraction of sp³-hybridized carbons (Fsp3) is 0. The number of hydrogen-bond donors (Lipinski definition) is 2. The highest BCUT2D eigenvalue weighted by Gasteiger charge is 2.27. The molecule has 0 saturated carbocycles. The van der Waals surface area contributed by atoms with Crippen molar-refractivity contribution < 1.29 is 14.6 Å². The number of fused-ring (bicyclic) bond motifs is 1. The molecule has 1 aromatic carbocycles. The molecule has 0 atom stereocenters. The summed E-state index contributed by atoms with van der Waals surface area (Å²) in [5.74, 6) is 0.284. The van der Waals surface area contributed by atoms with Gasteiger partial charge in [-0.3, -0.25) is 9.59 Å². The molecule has 1 aromatic heterocycles. The highest BCUT2D eigenvalue weighted by atomic mass is 16.5. The van der Waals surface area contributed by atoms with Gasteiger partial charge >= 0.3 is 0 Å². The maximum absolute atomic E-state index is 12.0. The van der Waals surface area contributed by atoms with Crippen LogP contribution in [0.15, 0.2) is 47.1 Å². The first-order valence-electron chi connectivity index (χ1n) is 5.59. The lowest BCUT2D eigenvalue weighted by Crippen LogP contribution is -2.02. The predicted octanol–water partition coefficient (Wildman–Crippen LogP) is 1.70. The Hall–Kier alpha value is -2.82. The van der Waals surface area contributed by atoms with Gasteiger partial charge in [-0.05, 0) is 29.8 Å². The molecule has 2 aromatic rings. The molecule has 0 unspecified atom stereocenters. The number of aromatic nitrogens is 1. The molecule has 0 fully saturated rings. The number of nitrogens with one attached hydrogen (secondary N) is 1. The van der Waals surface area contributed by atoms with E-state index in [1.54, 1.807) is 6.07 Å². The Kier molecular flexibility index (Phi) is 2.45. The number of phenols is 1. The van der Waals surface area contributed by atoms with Crippen molar-refractivity contribution in [2.24, 2.45) is 0 Å². The number of ether oxygens (including phenoxy) is 1. The second-order valence-corrected chi connectivity index (χ2v) is 4.11. The summed E-state index contributed by atoms with van der Waals surface area (Å²) in [6, 6.07) is 7.29. The predicted molar refractivity (Wildman–Crippen MR) is 68.1 cm³/mol. The standard InChI is InChI=1S/C14H9NO4/c16-9-2-3-10-11(6-9)19-12(14(10)18)5-8-1-4-13(17)15-7-8/h1-7,16H,(H,15,17)/b12-5-. The van der Waals surface area contributed by atoms with Gasteiger partial charge in [0.05, 0.1) is 5.56 Å². The van der Waals surface area contributed by atoms with Gasteiger partial charge in [0, 0.05) is 18.3 Å². The lowest BCUT2D eigenvalue weighted by atomic mass is 10.1. The normalized spacial score (nSPS) is 15.4. The van der Waals surface area contributed by atoms with Crippen LogP contribution in [-0.2, 0) is 0 Å². The Morgan fingerprint density at radius 3 is 2.74 bits per heavy atom. The zero-order chi connectivity index (χ0) is 13.4. The van der Waals surface area contributed by atoms with Crippen LogP contribution in [0.1, 0.15) is 15.9 Å². The Morgan fingerprint density at radius 1 is 1.16 bits per heavy atom. The van der Waals surface area contributed by atoms with Crippen molar-refractivity contribution in [1.29, 1.82) is 0 Å². The van der Waals surface area contributed by atoms with E-state index >= 15 is 0 Å². The van der Waals surface area contributed by atoms with Crippen molar-refractivity contribution >= 4 is 11.9 Å². The van der Waals surface area contributed by atoms with E-state index in [-0.39, 0.29) is 22.9 Å². The lowest BCUT2D eigenvalue weighted by molar-refractivity contribution is 0.101. The molecule has 1 aliphatic rings. The quantitative estimate of drug-likeness (QED) is 0.760. The molecule has 0 radical (unpaired) electrons. The van der Waals surface area contributed by atoms with Crippen LogP contribution in [0.5, 0.6) is 11.5 Å². The Labute approximate surface area is 107 Å². The average molecular weight is 255 g/mol. The summed E-state index contributed by atoms with van der Waals surface area (Å²) in [4.78, 5) is 25.5. The largest absolute Gasteiger partial charge is 0.508 e. The number of pyridine rings is 1. The SMILES string of the molecule is O=C1/C(=C/c2ccc(=O)[nH]c2)Oc2cc(O)ccc21. The first-order chi connectivity index (χ1) is 9.13. The molecule has 2 N–H and O–H groups in total. The fourth-order valence-corrected chi connectivity index (χ4v) is 1.84. The van der Waals surface area contributed by atoms with E-state index < -0.39 is 0 Å². The summed E-state index contributed by atoms with van der Waals surface area (Å²) in [5, 5.41) is 9.34. The number of hydrogen-bond acceptors (Lipinski definition) is 4. The zero-order valence-electron chi connectivity index (χ0n) is 9.71. The van der Waals surface area contributed by atoms with E-state index in [1.807, 2.05) is 0 Å². The number of aromatic hydroxyl groups is 1. The van der Waals surface area contributed by atoms with Gasteiger partial charge in [0.25, 0.3) is 0 Å². The van der Waals surface area contributed by atoms with Gasteiger partial charge in [0.1, 0.15) is 11.5 Å². The Morgan fingerprint density at radius 2 is 2.00 bits per heavy atom. The molecule has 3 rings (SSSR count).